The highest BCUT2D eigenvalue weighted by Gasteiger charge is 2.29. The zero-order chi connectivity index (χ0) is 32.4. The van der Waals surface area contributed by atoms with E-state index >= 15 is 0 Å². The first-order valence-electron chi connectivity index (χ1n) is 14.6. The van der Waals surface area contributed by atoms with Gasteiger partial charge < -0.3 is 14.8 Å². The number of nitrogens with zero attached hydrogens (tertiary/aromatic N) is 1. The van der Waals surface area contributed by atoms with Gasteiger partial charge >= 0.3 is 12.1 Å². The SMILES string of the molecule is N#Cc1cccc([C@@H](CC(=O)Cc2cccc(F)c2CC[C@@H]2CN[C@H](COC(=O)CCC(F)(F)F)CO2)c2ccc(F)cc2)c1. The summed E-state index contributed by atoms with van der Waals surface area (Å²) >= 11 is 0. The number of carbonyl (C=O) groups is 2. The highest BCUT2D eigenvalue weighted by atomic mass is 19.4. The fourth-order valence-electron chi connectivity index (χ4n) is 5.28. The van der Waals surface area contributed by atoms with Crippen LogP contribution in [0.15, 0.2) is 66.7 Å². The molecule has 6 nitrogen and oxygen atoms in total. The maximum atomic E-state index is 15.0. The molecule has 0 radical (unpaired) electrons. The average Bonchev–Trinajstić information content (AvgIpc) is 3.02. The molecule has 0 spiro atoms. The number of hydrogen-bond donors (Lipinski definition) is 1. The molecule has 0 saturated carbocycles. The topological polar surface area (TPSA) is 88.4 Å². The Morgan fingerprint density at radius 1 is 1.04 bits per heavy atom. The Balaban J connectivity index is 1.34. The number of Topliss-reactive ketones (excluding diaryl/α,β-unsaturated/α-hetero) is 1. The molecule has 1 aliphatic heterocycles. The fourth-order valence-corrected chi connectivity index (χ4v) is 5.28. The Kier molecular flexibility index (Phi) is 11.8. The Morgan fingerprint density at radius 2 is 1.80 bits per heavy atom. The van der Waals surface area contributed by atoms with Gasteiger partial charge in [0, 0.05) is 25.3 Å². The number of rotatable bonds is 13. The predicted molar refractivity (Wildman–Crippen MR) is 155 cm³/mol. The molecule has 0 amide bonds. The van der Waals surface area contributed by atoms with Crippen molar-refractivity contribution in [1.82, 2.24) is 5.32 Å². The van der Waals surface area contributed by atoms with Crippen LogP contribution in [0.3, 0.4) is 0 Å². The number of morpholine rings is 1. The molecule has 11 heteroatoms. The van der Waals surface area contributed by atoms with E-state index in [4.69, 9.17) is 9.47 Å². The predicted octanol–water partition coefficient (Wildman–Crippen LogP) is 6.35. The smallest absolute Gasteiger partial charge is 0.389 e. The Bertz CT molecular complexity index is 1500. The van der Waals surface area contributed by atoms with Gasteiger partial charge in [-0.2, -0.15) is 18.4 Å². The largest absolute Gasteiger partial charge is 0.464 e. The van der Waals surface area contributed by atoms with Gasteiger partial charge in [-0.15, -0.1) is 0 Å². The van der Waals surface area contributed by atoms with Gasteiger partial charge in [0.05, 0.1) is 43.2 Å². The van der Waals surface area contributed by atoms with Crippen LogP contribution in [-0.4, -0.2) is 49.8 Å². The second-order valence-corrected chi connectivity index (χ2v) is 11.0. The van der Waals surface area contributed by atoms with Crippen molar-refractivity contribution >= 4 is 11.8 Å². The molecule has 1 N–H and O–H groups in total. The summed E-state index contributed by atoms with van der Waals surface area (Å²) in [5.41, 5.74) is 2.85. The second kappa shape index (κ2) is 15.7. The van der Waals surface area contributed by atoms with E-state index in [9.17, 15) is 36.8 Å². The lowest BCUT2D eigenvalue weighted by molar-refractivity contribution is -0.158. The molecule has 3 aromatic rings. The van der Waals surface area contributed by atoms with Crippen molar-refractivity contribution in [3.8, 4) is 6.07 Å². The second-order valence-electron chi connectivity index (χ2n) is 11.0. The van der Waals surface area contributed by atoms with Crippen LogP contribution in [0, 0.1) is 23.0 Å². The maximum absolute atomic E-state index is 15.0. The van der Waals surface area contributed by atoms with Gasteiger partial charge in [0.15, 0.2) is 0 Å². The first-order valence-corrected chi connectivity index (χ1v) is 14.6. The molecular formula is C34H33F5N2O4. The van der Waals surface area contributed by atoms with Crippen LogP contribution in [0.2, 0.25) is 0 Å². The Labute approximate surface area is 258 Å². The number of benzene rings is 3. The summed E-state index contributed by atoms with van der Waals surface area (Å²) < 4.78 is 76.2. The van der Waals surface area contributed by atoms with Crippen molar-refractivity contribution in [1.29, 1.82) is 5.26 Å². The number of ketones is 1. The first kappa shape index (κ1) is 33.7. The number of hydrogen-bond acceptors (Lipinski definition) is 6. The summed E-state index contributed by atoms with van der Waals surface area (Å²) in [5.74, 6) is -2.36. The first-order chi connectivity index (χ1) is 21.5. The van der Waals surface area contributed by atoms with Crippen LogP contribution in [0.5, 0.6) is 0 Å². The lowest BCUT2D eigenvalue weighted by Gasteiger charge is -2.30. The van der Waals surface area contributed by atoms with Crippen molar-refractivity contribution < 1.29 is 41.0 Å². The van der Waals surface area contributed by atoms with Crippen molar-refractivity contribution in [3.05, 3.63) is 106 Å². The van der Waals surface area contributed by atoms with Gasteiger partial charge in [0.1, 0.15) is 24.0 Å². The van der Waals surface area contributed by atoms with E-state index in [0.29, 0.717) is 36.1 Å². The van der Waals surface area contributed by atoms with Crippen LogP contribution in [0.25, 0.3) is 0 Å². The fraction of sp³-hybridized carbons (Fsp3) is 0.382. The number of carbonyl (C=O) groups excluding carboxylic acids is 2. The van der Waals surface area contributed by atoms with Crippen molar-refractivity contribution in [2.45, 2.75) is 62.8 Å². The molecule has 1 fully saturated rings. The summed E-state index contributed by atoms with van der Waals surface area (Å²) in [6.07, 6.45) is -5.92. The highest BCUT2D eigenvalue weighted by Crippen LogP contribution is 2.30. The summed E-state index contributed by atoms with van der Waals surface area (Å²) in [5, 5.41) is 12.5. The molecular weight excluding hydrogens is 595 g/mol. The van der Waals surface area contributed by atoms with Gasteiger partial charge in [-0.25, -0.2) is 8.78 Å². The summed E-state index contributed by atoms with van der Waals surface area (Å²) in [6, 6.07) is 19.1. The van der Waals surface area contributed by atoms with E-state index in [2.05, 4.69) is 11.4 Å². The van der Waals surface area contributed by atoms with E-state index < -0.39 is 42.5 Å². The summed E-state index contributed by atoms with van der Waals surface area (Å²) in [4.78, 5) is 25.0. The van der Waals surface area contributed by atoms with Crippen LogP contribution in [-0.2, 0) is 31.9 Å². The molecule has 0 unspecified atom stereocenters. The van der Waals surface area contributed by atoms with E-state index in [1.807, 2.05) is 6.07 Å². The van der Waals surface area contributed by atoms with Crippen molar-refractivity contribution in [2.75, 3.05) is 19.8 Å². The normalized spacial score (nSPS) is 17.3. The number of esters is 1. The van der Waals surface area contributed by atoms with Crippen LogP contribution in [0.4, 0.5) is 22.0 Å². The number of nitrogens with one attached hydrogen (secondary N) is 1. The highest BCUT2D eigenvalue weighted by molar-refractivity contribution is 5.82. The standard InChI is InChI=1S/C34H33F5N2O4/c35-26-9-7-23(8-10-26)31(24-4-1-3-22(15-24)18-40)17-28(42)16-25-5-2-6-32(36)30(25)12-11-29-19-41-27(20-44-29)21-45-33(43)13-14-34(37,38)39/h1-10,15,27,29,31,41H,11-14,16-17,19-21H2/t27-,29+,31-/m0/s1. The van der Waals surface area contributed by atoms with Crippen LogP contribution >= 0.6 is 0 Å². The summed E-state index contributed by atoms with van der Waals surface area (Å²) in [6.45, 7) is 0.412. The third-order valence-corrected chi connectivity index (χ3v) is 7.67. The lowest BCUT2D eigenvalue weighted by atomic mass is 9.85. The molecule has 4 rings (SSSR count). The minimum atomic E-state index is -4.43. The van der Waals surface area contributed by atoms with Crippen molar-refractivity contribution in [3.63, 3.8) is 0 Å². The average molecular weight is 629 g/mol. The molecule has 1 heterocycles. The molecule has 0 bridgehead atoms. The Morgan fingerprint density at radius 3 is 2.49 bits per heavy atom. The molecule has 1 saturated heterocycles. The van der Waals surface area contributed by atoms with Crippen LogP contribution in [0.1, 0.15) is 59.4 Å². The van der Waals surface area contributed by atoms with E-state index in [-0.39, 0.29) is 44.0 Å². The molecule has 1 aliphatic rings. The number of ether oxygens (including phenoxy) is 2. The quantitative estimate of drug-likeness (QED) is 0.176. The van der Waals surface area contributed by atoms with Crippen LogP contribution < -0.4 is 5.32 Å². The summed E-state index contributed by atoms with van der Waals surface area (Å²) in [7, 11) is 0. The molecule has 238 valence electrons. The number of alkyl halides is 3. The number of nitriles is 1. The zero-order valence-corrected chi connectivity index (χ0v) is 24.4. The van der Waals surface area contributed by atoms with E-state index in [1.54, 1.807) is 42.5 Å². The van der Waals surface area contributed by atoms with Gasteiger partial charge in [-0.1, -0.05) is 36.4 Å². The maximum Gasteiger partial charge on any atom is 0.389 e. The zero-order valence-electron chi connectivity index (χ0n) is 24.4. The van der Waals surface area contributed by atoms with E-state index in [0.717, 1.165) is 11.1 Å². The Hall–Kier alpha value is -4.14. The molecule has 3 aromatic carbocycles. The molecule has 0 aromatic heterocycles. The minimum Gasteiger partial charge on any atom is -0.464 e. The number of halogens is 5. The monoisotopic (exact) mass is 628 g/mol. The minimum absolute atomic E-state index is 0.0196. The molecule has 45 heavy (non-hydrogen) atoms. The molecule has 0 aliphatic carbocycles. The van der Waals surface area contributed by atoms with E-state index in [1.165, 1.54) is 18.2 Å². The van der Waals surface area contributed by atoms with Gasteiger partial charge in [-0.05, 0) is 65.4 Å². The van der Waals surface area contributed by atoms with Gasteiger partial charge in [0.2, 0.25) is 0 Å². The lowest BCUT2D eigenvalue weighted by Crippen LogP contribution is -2.49. The van der Waals surface area contributed by atoms with Crippen molar-refractivity contribution in [2.24, 2.45) is 0 Å². The van der Waals surface area contributed by atoms with Gasteiger partial charge in [0.25, 0.3) is 0 Å². The third-order valence-electron chi connectivity index (χ3n) is 7.67. The molecule has 3 atom stereocenters. The van der Waals surface area contributed by atoms with Gasteiger partial charge in [-0.3, -0.25) is 9.59 Å². The third kappa shape index (κ3) is 10.5.